The van der Waals surface area contributed by atoms with Crippen LogP contribution in [0.4, 0.5) is 5.69 Å². The van der Waals surface area contributed by atoms with Gasteiger partial charge >= 0.3 is 0 Å². The number of hydrogen-bond donors (Lipinski definition) is 1. The molecule has 1 heterocycles. The summed E-state index contributed by atoms with van der Waals surface area (Å²) in [7, 11) is 0. The molecule has 0 saturated carbocycles. The lowest BCUT2D eigenvalue weighted by Gasteiger charge is -2.17. The molecule has 0 amide bonds. The number of likely N-dealkylation sites (N-methyl/N-ethyl adjacent to an activating group) is 1. The zero-order chi connectivity index (χ0) is 11.7. The van der Waals surface area contributed by atoms with Gasteiger partial charge in [-0.2, -0.15) is 0 Å². The van der Waals surface area contributed by atoms with Crippen LogP contribution >= 0.6 is 11.6 Å². The summed E-state index contributed by atoms with van der Waals surface area (Å²) in [5.41, 5.74) is 2.56. The Morgan fingerprint density at radius 1 is 1.56 bits per heavy atom. The zero-order valence-electron chi connectivity index (χ0n) is 9.78. The number of aliphatic hydroxyl groups excluding tert-OH is 1. The summed E-state index contributed by atoms with van der Waals surface area (Å²) in [6, 6.07) is 6.07. The molecule has 0 fully saturated rings. The highest BCUT2D eigenvalue weighted by atomic mass is 35.5. The Kier molecular flexibility index (Phi) is 3.41. The normalized spacial score (nSPS) is 21.0. The van der Waals surface area contributed by atoms with E-state index >= 15 is 0 Å². The third-order valence-electron chi connectivity index (χ3n) is 3.22. The van der Waals surface area contributed by atoms with Gasteiger partial charge in [0, 0.05) is 29.7 Å². The number of anilines is 1. The number of benzene rings is 1. The smallest absolute Gasteiger partial charge is 0.0518 e. The van der Waals surface area contributed by atoms with E-state index in [4.69, 9.17) is 11.6 Å². The van der Waals surface area contributed by atoms with Crippen LogP contribution in [0.15, 0.2) is 18.2 Å². The number of hydrogen-bond acceptors (Lipinski definition) is 2. The molecule has 1 aromatic rings. The maximum Gasteiger partial charge on any atom is 0.0518 e. The van der Waals surface area contributed by atoms with Gasteiger partial charge in [0.05, 0.1) is 6.10 Å². The molecule has 1 aliphatic rings. The van der Waals surface area contributed by atoms with Crippen molar-refractivity contribution in [3.05, 3.63) is 28.8 Å². The molecule has 88 valence electrons. The second kappa shape index (κ2) is 4.64. The molecule has 1 aliphatic heterocycles. The Labute approximate surface area is 102 Å². The lowest BCUT2D eigenvalue weighted by molar-refractivity contribution is 0.176. The molecular weight excluding hydrogens is 222 g/mol. The molecule has 0 saturated heterocycles. The van der Waals surface area contributed by atoms with Crippen molar-refractivity contribution < 1.29 is 5.11 Å². The Balaban J connectivity index is 2.31. The third-order valence-corrected chi connectivity index (χ3v) is 3.45. The van der Waals surface area contributed by atoms with E-state index in [1.807, 2.05) is 19.1 Å². The van der Waals surface area contributed by atoms with Gasteiger partial charge in [-0.15, -0.1) is 0 Å². The minimum Gasteiger partial charge on any atom is -0.393 e. The molecule has 0 bridgehead atoms. The molecule has 16 heavy (non-hydrogen) atoms. The SMILES string of the molecule is CCN1CC(CC(C)O)c2cc(Cl)ccc21. The van der Waals surface area contributed by atoms with Gasteiger partial charge < -0.3 is 10.0 Å². The highest BCUT2D eigenvalue weighted by Gasteiger charge is 2.28. The van der Waals surface area contributed by atoms with Crippen LogP contribution in [0, 0.1) is 0 Å². The molecule has 0 aromatic heterocycles. The van der Waals surface area contributed by atoms with Crippen molar-refractivity contribution in [1.29, 1.82) is 0 Å². The quantitative estimate of drug-likeness (QED) is 0.877. The van der Waals surface area contributed by atoms with E-state index in [0.29, 0.717) is 5.92 Å². The highest BCUT2D eigenvalue weighted by molar-refractivity contribution is 6.30. The fraction of sp³-hybridized carbons (Fsp3) is 0.538. The van der Waals surface area contributed by atoms with E-state index in [1.54, 1.807) is 0 Å². The van der Waals surface area contributed by atoms with Crippen molar-refractivity contribution in [2.24, 2.45) is 0 Å². The van der Waals surface area contributed by atoms with E-state index < -0.39 is 0 Å². The summed E-state index contributed by atoms with van der Waals surface area (Å²) in [5, 5.41) is 10.3. The first kappa shape index (κ1) is 11.7. The largest absolute Gasteiger partial charge is 0.393 e. The van der Waals surface area contributed by atoms with Gasteiger partial charge in [0.2, 0.25) is 0 Å². The Bertz CT molecular complexity index is 378. The monoisotopic (exact) mass is 239 g/mol. The number of fused-ring (bicyclic) bond motifs is 1. The second-order valence-electron chi connectivity index (χ2n) is 4.52. The van der Waals surface area contributed by atoms with E-state index in [1.165, 1.54) is 11.3 Å². The molecule has 3 heteroatoms. The summed E-state index contributed by atoms with van der Waals surface area (Å²) in [5.74, 6) is 0.411. The van der Waals surface area contributed by atoms with Gasteiger partial charge in [-0.3, -0.25) is 0 Å². The number of halogens is 1. The van der Waals surface area contributed by atoms with Crippen LogP contribution in [-0.4, -0.2) is 24.3 Å². The first-order valence-corrected chi connectivity index (χ1v) is 6.22. The molecule has 2 rings (SSSR count). The summed E-state index contributed by atoms with van der Waals surface area (Å²) in [6.07, 6.45) is 0.553. The molecule has 2 atom stereocenters. The van der Waals surface area contributed by atoms with Gasteiger partial charge in [0.1, 0.15) is 0 Å². The minimum absolute atomic E-state index is 0.256. The van der Waals surface area contributed by atoms with Crippen molar-refractivity contribution in [1.82, 2.24) is 0 Å². The summed E-state index contributed by atoms with van der Waals surface area (Å²) >= 11 is 6.04. The standard InChI is InChI=1S/C13H18ClNO/c1-3-15-8-10(6-9(2)16)12-7-11(14)4-5-13(12)15/h4-5,7,9-10,16H,3,6,8H2,1-2H3. The lowest BCUT2D eigenvalue weighted by atomic mass is 9.96. The molecule has 0 aliphatic carbocycles. The third kappa shape index (κ3) is 2.18. The minimum atomic E-state index is -0.256. The molecule has 0 radical (unpaired) electrons. The zero-order valence-corrected chi connectivity index (χ0v) is 10.5. The molecule has 2 nitrogen and oxygen atoms in total. The summed E-state index contributed by atoms with van der Waals surface area (Å²) in [6.45, 7) is 6.00. The van der Waals surface area contributed by atoms with E-state index in [9.17, 15) is 5.11 Å². The fourth-order valence-corrected chi connectivity index (χ4v) is 2.70. The predicted octanol–water partition coefficient (Wildman–Crippen LogP) is 3.03. The van der Waals surface area contributed by atoms with E-state index in [2.05, 4.69) is 17.9 Å². The van der Waals surface area contributed by atoms with Crippen molar-refractivity contribution in [2.45, 2.75) is 32.3 Å². The Hall–Kier alpha value is -0.730. The van der Waals surface area contributed by atoms with Crippen molar-refractivity contribution in [2.75, 3.05) is 18.0 Å². The van der Waals surface area contributed by atoms with Gasteiger partial charge in [-0.1, -0.05) is 11.6 Å². The van der Waals surface area contributed by atoms with Crippen molar-refractivity contribution in [3.8, 4) is 0 Å². The first-order valence-electron chi connectivity index (χ1n) is 5.84. The maximum atomic E-state index is 9.52. The van der Waals surface area contributed by atoms with Crippen LogP contribution in [0.1, 0.15) is 31.7 Å². The summed E-state index contributed by atoms with van der Waals surface area (Å²) in [4.78, 5) is 2.35. The Morgan fingerprint density at radius 2 is 2.31 bits per heavy atom. The highest BCUT2D eigenvalue weighted by Crippen LogP contribution is 2.39. The van der Waals surface area contributed by atoms with Crippen LogP contribution in [0.5, 0.6) is 0 Å². The van der Waals surface area contributed by atoms with Crippen LogP contribution < -0.4 is 4.90 Å². The van der Waals surface area contributed by atoms with Crippen molar-refractivity contribution in [3.63, 3.8) is 0 Å². The Morgan fingerprint density at radius 3 is 2.94 bits per heavy atom. The van der Waals surface area contributed by atoms with Crippen LogP contribution in [0.2, 0.25) is 5.02 Å². The van der Waals surface area contributed by atoms with Crippen LogP contribution in [-0.2, 0) is 0 Å². The average molecular weight is 240 g/mol. The molecule has 1 aromatic carbocycles. The number of nitrogens with zero attached hydrogens (tertiary/aromatic N) is 1. The predicted molar refractivity (Wildman–Crippen MR) is 68.4 cm³/mol. The first-order chi connectivity index (χ1) is 7.61. The summed E-state index contributed by atoms with van der Waals surface area (Å²) < 4.78 is 0. The maximum absolute atomic E-state index is 9.52. The second-order valence-corrected chi connectivity index (χ2v) is 4.96. The topological polar surface area (TPSA) is 23.5 Å². The van der Waals surface area contributed by atoms with E-state index in [-0.39, 0.29) is 6.10 Å². The number of rotatable bonds is 3. The van der Waals surface area contributed by atoms with Crippen LogP contribution in [0.25, 0.3) is 0 Å². The van der Waals surface area contributed by atoms with Crippen molar-refractivity contribution >= 4 is 17.3 Å². The lowest BCUT2D eigenvalue weighted by Crippen LogP contribution is -2.22. The molecule has 1 N–H and O–H groups in total. The number of aliphatic hydroxyl groups is 1. The average Bonchev–Trinajstić information content (AvgIpc) is 2.55. The van der Waals surface area contributed by atoms with Gasteiger partial charge in [0.15, 0.2) is 0 Å². The molecular formula is C13H18ClNO. The van der Waals surface area contributed by atoms with Crippen LogP contribution in [0.3, 0.4) is 0 Å². The van der Waals surface area contributed by atoms with E-state index in [0.717, 1.165) is 24.5 Å². The molecule has 0 spiro atoms. The molecule has 2 unspecified atom stereocenters. The van der Waals surface area contributed by atoms with Gasteiger partial charge in [-0.05, 0) is 44.0 Å². The fourth-order valence-electron chi connectivity index (χ4n) is 2.52. The van der Waals surface area contributed by atoms with Gasteiger partial charge in [0.25, 0.3) is 0 Å². The van der Waals surface area contributed by atoms with Gasteiger partial charge in [-0.25, -0.2) is 0 Å².